The minimum atomic E-state index is -0.919. The van der Waals surface area contributed by atoms with Crippen LogP contribution in [0.3, 0.4) is 0 Å². The van der Waals surface area contributed by atoms with Crippen LogP contribution in [0.1, 0.15) is 0 Å². The van der Waals surface area contributed by atoms with Crippen molar-refractivity contribution in [2.24, 2.45) is 5.73 Å². The van der Waals surface area contributed by atoms with E-state index < -0.39 is 11.9 Å². The van der Waals surface area contributed by atoms with E-state index in [4.69, 9.17) is 10.5 Å². The summed E-state index contributed by atoms with van der Waals surface area (Å²) in [5.74, 6) is -0.0163. The Morgan fingerprint density at radius 3 is 2.63 bits per heavy atom. The van der Waals surface area contributed by atoms with Crippen molar-refractivity contribution in [1.29, 1.82) is 0 Å². The van der Waals surface area contributed by atoms with Gasteiger partial charge in [0.15, 0.2) is 6.61 Å². The van der Waals surface area contributed by atoms with Gasteiger partial charge in [-0.15, -0.1) is 0 Å². The fraction of sp³-hybridized carbons (Fsp3) is 0.0769. The standard InChI is InChI=1S/C13H12N2O4/c14-13(18)15-12(17)7-19-11-4-2-8-1-3-10(16)5-9(8)6-11/h1-6,16H,7H2,(H3,14,15,17,18). The second kappa shape index (κ2) is 5.26. The fourth-order valence-electron chi connectivity index (χ4n) is 1.62. The molecule has 4 N–H and O–H groups in total. The highest BCUT2D eigenvalue weighted by Gasteiger charge is 2.05. The molecule has 0 fully saturated rings. The van der Waals surface area contributed by atoms with E-state index in [-0.39, 0.29) is 12.4 Å². The summed E-state index contributed by atoms with van der Waals surface area (Å²) < 4.78 is 5.22. The molecule has 0 spiro atoms. The van der Waals surface area contributed by atoms with Gasteiger partial charge in [0.05, 0.1) is 0 Å². The Balaban J connectivity index is 2.09. The number of nitrogens with two attached hydrogens (primary N) is 1. The van der Waals surface area contributed by atoms with E-state index in [9.17, 15) is 14.7 Å². The number of primary amides is 1. The molecule has 6 heteroatoms. The highest BCUT2D eigenvalue weighted by molar-refractivity contribution is 5.94. The Bertz CT molecular complexity index is 640. The summed E-state index contributed by atoms with van der Waals surface area (Å²) in [5, 5.41) is 13.0. The van der Waals surface area contributed by atoms with Crippen LogP contribution >= 0.6 is 0 Å². The number of ether oxygens (including phenoxy) is 1. The van der Waals surface area contributed by atoms with Crippen molar-refractivity contribution in [3.63, 3.8) is 0 Å². The molecule has 0 heterocycles. The molecule has 0 bridgehead atoms. The smallest absolute Gasteiger partial charge is 0.318 e. The quantitative estimate of drug-likeness (QED) is 0.769. The van der Waals surface area contributed by atoms with E-state index in [2.05, 4.69) is 0 Å². The number of phenols is 1. The molecular formula is C13H12N2O4. The van der Waals surface area contributed by atoms with Crippen LogP contribution in [0.4, 0.5) is 4.79 Å². The van der Waals surface area contributed by atoms with Gasteiger partial charge < -0.3 is 15.6 Å². The highest BCUT2D eigenvalue weighted by atomic mass is 16.5. The number of hydrogen-bond acceptors (Lipinski definition) is 4. The number of rotatable bonds is 3. The molecule has 0 saturated carbocycles. The summed E-state index contributed by atoms with van der Waals surface area (Å²) in [6, 6.07) is 9.21. The second-order valence-electron chi connectivity index (χ2n) is 3.89. The largest absolute Gasteiger partial charge is 0.508 e. The van der Waals surface area contributed by atoms with Gasteiger partial charge >= 0.3 is 6.03 Å². The van der Waals surface area contributed by atoms with Gasteiger partial charge in [0.1, 0.15) is 11.5 Å². The Morgan fingerprint density at radius 1 is 1.16 bits per heavy atom. The van der Waals surface area contributed by atoms with E-state index in [1.54, 1.807) is 36.4 Å². The molecule has 2 rings (SSSR count). The molecule has 0 aliphatic rings. The number of benzene rings is 2. The van der Waals surface area contributed by atoms with Crippen LogP contribution in [0.25, 0.3) is 10.8 Å². The summed E-state index contributed by atoms with van der Waals surface area (Å²) >= 11 is 0. The zero-order valence-electron chi connectivity index (χ0n) is 9.92. The van der Waals surface area contributed by atoms with Crippen LogP contribution in [0, 0.1) is 0 Å². The van der Waals surface area contributed by atoms with Crippen molar-refractivity contribution in [1.82, 2.24) is 5.32 Å². The molecule has 0 saturated heterocycles. The average Bonchev–Trinajstić information content (AvgIpc) is 2.35. The number of fused-ring (bicyclic) bond motifs is 1. The number of nitrogens with one attached hydrogen (secondary N) is 1. The van der Waals surface area contributed by atoms with Gasteiger partial charge in [-0.25, -0.2) is 4.79 Å². The number of aromatic hydroxyl groups is 1. The molecule has 3 amide bonds. The van der Waals surface area contributed by atoms with Gasteiger partial charge in [0, 0.05) is 0 Å². The minimum Gasteiger partial charge on any atom is -0.508 e. The third kappa shape index (κ3) is 3.35. The van der Waals surface area contributed by atoms with E-state index in [1.807, 2.05) is 5.32 Å². The van der Waals surface area contributed by atoms with E-state index in [0.29, 0.717) is 5.75 Å². The predicted octanol–water partition coefficient (Wildman–Crippen LogP) is 1.12. The number of hydrogen-bond donors (Lipinski definition) is 3. The van der Waals surface area contributed by atoms with Crippen molar-refractivity contribution in [2.45, 2.75) is 0 Å². The van der Waals surface area contributed by atoms with E-state index in [1.165, 1.54) is 0 Å². The van der Waals surface area contributed by atoms with Gasteiger partial charge in [-0.2, -0.15) is 0 Å². The molecule has 0 aromatic heterocycles. The summed E-state index contributed by atoms with van der Waals surface area (Å²) in [6.45, 7) is -0.312. The topological polar surface area (TPSA) is 102 Å². The summed E-state index contributed by atoms with van der Waals surface area (Å²) in [5.41, 5.74) is 4.80. The van der Waals surface area contributed by atoms with Crippen molar-refractivity contribution >= 4 is 22.7 Å². The lowest BCUT2D eigenvalue weighted by atomic mass is 10.1. The van der Waals surface area contributed by atoms with Crippen LogP contribution < -0.4 is 15.8 Å². The number of amides is 3. The number of carbonyl (C=O) groups excluding carboxylic acids is 2. The number of imide groups is 1. The average molecular weight is 260 g/mol. The molecule has 0 aliphatic heterocycles. The molecule has 0 atom stereocenters. The van der Waals surface area contributed by atoms with Crippen molar-refractivity contribution in [2.75, 3.05) is 6.61 Å². The Labute approximate surface area is 108 Å². The van der Waals surface area contributed by atoms with Gasteiger partial charge in [-0.05, 0) is 35.0 Å². The number of urea groups is 1. The van der Waals surface area contributed by atoms with Gasteiger partial charge in [0.25, 0.3) is 5.91 Å². The van der Waals surface area contributed by atoms with Crippen LogP contribution in [-0.4, -0.2) is 23.7 Å². The molecule has 2 aromatic rings. The lowest BCUT2D eigenvalue weighted by Gasteiger charge is -2.07. The maximum Gasteiger partial charge on any atom is 0.318 e. The SMILES string of the molecule is NC(=O)NC(=O)COc1ccc2ccc(O)cc2c1. The molecule has 6 nitrogen and oxygen atoms in total. The summed E-state index contributed by atoms with van der Waals surface area (Å²) in [7, 11) is 0. The molecule has 0 radical (unpaired) electrons. The van der Waals surface area contributed by atoms with Crippen molar-refractivity contribution < 1.29 is 19.4 Å². The Morgan fingerprint density at radius 2 is 1.89 bits per heavy atom. The molecule has 2 aromatic carbocycles. The number of carbonyl (C=O) groups is 2. The Kier molecular flexibility index (Phi) is 3.51. The van der Waals surface area contributed by atoms with Crippen LogP contribution in [-0.2, 0) is 4.79 Å². The van der Waals surface area contributed by atoms with Gasteiger partial charge in [-0.3, -0.25) is 10.1 Å². The zero-order chi connectivity index (χ0) is 13.8. The maximum atomic E-state index is 11.2. The normalized spacial score (nSPS) is 10.1. The predicted molar refractivity (Wildman–Crippen MR) is 68.8 cm³/mol. The lowest BCUT2D eigenvalue weighted by molar-refractivity contribution is -0.121. The van der Waals surface area contributed by atoms with Crippen molar-refractivity contribution in [3.05, 3.63) is 36.4 Å². The fourth-order valence-corrected chi connectivity index (χ4v) is 1.62. The van der Waals surface area contributed by atoms with E-state index in [0.717, 1.165) is 10.8 Å². The second-order valence-corrected chi connectivity index (χ2v) is 3.89. The first-order valence-electron chi connectivity index (χ1n) is 5.49. The molecular weight excluding hydrogens is 248 g/mol. The highest BCUT2D eigenvalue weighted by Crippen LogP contribution is 2.24. The van der Waals surface area contributed by atoms with Crippen LogP contribution in [0.5, 0.6) is 11.5 Å². The molecule has 98 valence electrons. The van der Waals surface area contributed by atoms with Gasteiger partial charge in [0.2, 0.25) is 0 Å². The summed E-state index contributed by atoms with van der Waals surface area (Å²) in [4.78, 5) is 21.6. The third-order valence-electron chi connectivity index (χ3n) is 2.43. The minimum absolute atomic E-state index is 0.149. The molecule has 19 heavy (non-hydrogen) atoms. The number of phenolic OH excluding ortho intramolecular Hbond substituents is 1. The monoisotopic (exact) mass is 260 g/mol. The zero-order valence-corrected chi connectivity index (χ0v) is 9.92. The first-order valence-corrected chi connectivity index (χ1v) is 5.49. The van der Waals surface area contributed by atoms with Gasteiger partial charge in [-0.1, -0.05) is 12.1 Å². The first kappa shape index (κ1) is 12.7. The maximum absolute atomic E-state index is 11.2. The Hall–Kier alpha value is -2.76. The van der Waals surface area contributed by atoms with Crippen LogP contribution in [0.15, 0.2) is 36.4 Å². The van der Waals surface area contributed by atoms with Crippen molar-refractivity contribution in [3.8, 4) is 11.5 Å². The lowest BCUT2D eigenvalue weighted by Crippen LogP contribution is -2.38. The third-order valence-corrected chi connectivity index (χ3v) is 2.43. The summed E-state index contributed by atoms with van der Waals surface area (Å²) in [6.07, 6.45) is 0. The van der Waals surface area contributed by atoms with E-state index >= 15 is 0 Å². The van der Waals surface area contributed by atoms with Crippen LogP contribution in [0.2, 0.25) is 0 Å². The molecule has 0 unspecified atom stereocenters. The first-order chi connectivity index (χ1) is 9.04. The molecule has 0 aliphatic carbocycles.